The number of hydrogen-bond donors (Lipinski definition) is 2. The van der Waals surface area contributed by atoms with Gasteiger partial charge in [-0.25, -0.2) is 9.97 Å². The van der Waals surface area contributed by atoms with E-state index >= 15 is 0 Å². The van der Waals surface area contributed by atoms with E-state index in [1.165, 1.54) is 0 Å². The molecule has 272 valence electrons. The second-order valence-electron chi connectivity index (χ2n) is 15.0. The van der Waals surface area contributed by atoms with E-state index in [2.05, 4.69) is 75.5 Å². The first-order chi connectivity index (χ1) is 26.0. The zero-order valence-corrected chi connectivity index (χ0v) is 30.0. The highest BCUT2D eigenvalue weighted by Crippen LogP contribution is 2.46. The number of nitrogens with zero attached hydrogens (tertiary/aromatic N) is 4. The third kappa shape index (κ3) is 6.58. The van der Waals surface area contributed by atoms with Gasteiger partial charge in [0, 0.05) is 60.6 Å². The lowest BCUT2D eigenvalue weighted by molar-refractivity contribution is -0.136. The molecule has 4 amide bonds. The van der Waals surface area contributed by atoms with Crippen molar-refractivity contribution in [3.05, 3.63) is 113 Å². The summed E-state index contributed by atoms with van der Waals surface area (Å²) < 4.78 is 6.07. The van der Waals surface area contributed by atoms with Gasteiger partial charge in [-0.05, 0) is 66.1 Å². The lowest BCUT2D eigenvalue weighted by atomic mass is 9.63. The highest BCUT2D eigenvalue weighted by Gasteiger charge is 2.52. The van der Waals surface area contributed by atoms with Crippen LogP contribution in [0.2, 0.25) is 0 Å². The minimum atomic E-state index is -1.00. The molecule has 12 heteroatoms. The van der Waals surface area contributed by atoms with E-state index in [-0.39, 0.29) is 34.8 Å². The number of amides is 4. The quantitative estimate of drug-likeness (QED) is 0.188. The van der Waals surface area contributed by atoms with E-state index in [9.17, 15) is 24.0 Å². The molecule has 4 aromatic rings. The second kappa shape index (κ2) is 13.6. The molecule has 1 unspecified atom stereocenters. The topological polar surface area (TPSA) is 151 Å². The van der Waals surface area contributed by atoms with Crippen LogP contribution in [0, 0.1) is 17.3 Å². The third-order valence-corrected chi connectivity index (χ3v) is 10.8. The van der Waals surface area contributed by atoms with Crippen molar-refractivity contribution in [2.75, 3.05) is 29.9 Å². The predicted octanol–water partition coefficient (Wildman–Crippen LogP) is 4.42. The van der Waals surface area contributed by atoms with Crippen LogP contribution in [-0.2, 0) is 26.4 Å². The van der Waals surface area contributed by atoms with Crippen molar-refractivity contribution in [3.63, 3.8) is 0 Å². The normalized spacial score (nSPS) is 18.7. The van der Waals surface area contributed by atoms with E-state index in [1.807, 2.05) is 30.3 Å². The van der Waals surface area contributed by atoms with Gasteiger partial charge in [-0.1, -0.05) is 50.0 Å². The van der Waals surface area contributed by atoms with Gasteiger partial charge in [-0.15, -0.1) is 0 Å². The second-order valence-corrected chi connectivity index (χ2v) is 15.0. The maximum Gasteiger partial charge on any atom is 0.262 e. The molecule has 1 spiro atoms. The Morgan fingerprint density at radius 2 is 1.61 bits per heavy atom. The summed E-state index contributed by atoms with van der Waals surface area (Å²) in [5.41, 5.74) is 4.86. The number of fused-ring (bicyclic) bond motifs is 1. The standard InChI is InChI=1S/C42H38N6O6/c1-41(2,28-9-12-32(13-10-28)54-23-30-17-19-44-40(45-30)47-24-42(25-47)21-31(49)22-42)27-7-5-26(6-8-27)4-3-18-43-29-11-14-33-34(20-29)39(53)48(38(33)52)35-15-16-36(50)46-37(35)51/h5-14,17,19-20,35,43H,15-16,18,21-25H2,1-2H3,(H,46,50,51). The number of nitrogens with one attached hydrogen (secondary N) is 2. The fourth-order valence-corrected chi connectivity index (χ4v) is 7.67. The Balaban J connectivity index is 0.833. The molecular weight excluding hydrogens is 684 g/mol. The van der Waals surface area contributed by atoms with E-state index in [4.69, 9.17) is 4.74 Å². The monoisotopic (exact) mass is 722 g/mol. The van der Waals surface area contributed by atoms with Crippen molar-refractivity contribution in [1.82, 2.24) is 20.2 Å². The van der Waals surface area contributed by atoms with Crippen molar-refractivity contribution < 1.29 is 28.7 Å². The van der Waals surface area contributed by atoms with Gasteiger partial charge in [-0.3, -0.25) is 34.2 Å². The van der Waals surface area contributed by atoms with Crippen LogP contribution in [0.25, 0.3) is 0 Å². The van der Waals surface area contributed by atoms with Crippen LogP contribution >= 0.6 is 0 Å². The fraction of sp³-hybridized carbons (Fsp3) is 0.310. The Morgan fingerprint density at radius 3 is 2.31 bits per heavy atom. The van der Waals surface area contributed by atoms with Gasteiger partial charge in [0.15, 0.2) is 0 Å². The Labute approximate surface area is 312 Å². The number of benzene rings is 3. The molecule has 8 rings (SSSR count). The first-order valence-electron chi connectivity index (χ1n) is 18.0. The maximum absolute atomic E-state index is 13.1. The number of piperidine rings is 1. The Kier molecular flexibility index (Phi) is 8.72. The minimum Gasteiger partial charge on any atom is -0.487 e. The molecule has 12 nitrogen and oxygen atoms in total. The van der Waals surface area contributed by atoms with Crippen LogP contribution in [0.15, 0.2) is 79.0 Å². The van der Waals surface area contributed by atoms with E-state index in [0.29, 0.717) is 43.4 Å². The van der Waals surface area contributed by atoms with Gasteiger partial charge in [0.2, 0.25) is 17.8 Å². The molecule has 3 aliphatic heterocycles. The molecule has 4 aliphatic rings. The summed E-state index contributed by atoms with van der Waals surface area (Å²) in [5, 5.41) is 5.39. The van der Waals surface area contributed by atoms with Crippen LogP contribution in [0.5, 0.6) is 5.75 Å². The molecule has 2 saturated heterocycles. The molecule has 4 heterocycles. The van der Waals surface area contributed by atoms with Crippen LogP contribution in [0.3, 0.4) is 0 Å². The number of ether oxygens (including phenoxy) is 1. The molecule has 3 aromatic carbocycles. The number of carbonyl (C=O) groups excluding carboxylic acids is 5. The van der Waals surface area contributed by atoms with Crippen molar-refractivity contribution in [3.8, 4) is 17.6 Å². The minimum absolute atomic E-state index is 0.0703. The molecule has 1 aliphatic carbocycles. The number of ketones is 1. The zero-order chi connectivity index (χ0) is 37.6. The molecule has 54 heavy (non-hydrogen) atoms. The molecule has 1 aromatic heterocycles. The molecular formula is C42H38N6O6. The third-order valence-electron chi connectivity index (χ3n) is 10.8. The molecule has 0 bridgehead atoms. The van der Waals surface area contributed by atoms with Crippen LogP contribution in [0.1, 0.15) is 82.6 Å². The predicted molar refractivity (Wildman–Crippen MR) is 199 cm³/mol. The molecule has 3 fully saturated rings. The van der Waals surface area contributed by atoms with Crippen molar-refractivity contribution in [2.45, 2.75) is 57.6 Å². The molecule has 1 atom stereocenters. The molecule has 0 radical (unpaired) electrons. The lowest BCUT2D eigenvalue weighted by Gasteiger charge is -2.54. The van der Waals surface area contributed by atoms with E-state index in [0.717, 1.165) is 46.1 Å². The number of carbonyl (C=O) groups is 5. The Morgan fingerprint density at radius 1 is 0.907 bits per heavy atom. The fourth-order valence-electron chi connectivity index (χ4n) is 7.67. The van der Waals surface area contributed by atoms with Gasteiger partial charge in [0.05, 0.1) is 23.4 Å². The summed E-state index contributed by atoms with van der Waals surface area (Å²) >= 11 is 0. The van der Waals surface area contributed by atoms with Crippen molar-refractivity contribution >= 4 is 41.0 Å². The van der Waals surface area contributed by atoms with Crippen molar-refractivity contribution in [2.24, 2.45) is 5.41 Å². The largest absolute Gasteiger partial charge is 0.487 e. The smallest absolute Gasteiger partial charge is 0.262 e. The first-order valence-corrected chi connectivity index (χ1v) is 18.0. The number of aromatic nitrogens is 2. The average Bonchev–Trinajstić information content (AvgIpc) is 3.38. The molecule has 1 saturated carbocycles. The zero-order valence-electron chi connectivity index (χ0n) is 30.0. The lowest BCUT2D eigenvalue weighted by Crippen LogP contribution is -2.63. The van der Waals surface area contributed by atoms with E-state index in [1.54, 1.807) is 24.4 Å². The number of rotatable bonds is 9. The SMILES string of the molecule is CC(C)(c1ccc(C#CCNc2ccc3c(c2)C(=O)N(C2CCC(=O)NC2=O)C3=O)cc1)c1ccc(OCc2ccnc(N3CC4(CC(=O)C4)C3)n2)cc1. The van der Waals surface area contributed by atoms with Crippen molar-refractivity contribution in [1.29, 1.82) is 0 Å². The summed E-state index contributed by atoms with van der Waals surface area (Å²) in [6.45, 7) is 6.65. The van der Waals surface area contributed by atoms with Gasteiger partial charge in [0.1, 0.15) is 24.2 Å². The molecule has 2 N–H and O–H groups in total. The summed E-state index contributed by atoms with van der Waals surface area (Å²) in [4.78, 5) is 73.5. The summed E-state index contributed by atoms with van der Waals surface area (Å²) in [6, 6.07) is 22.0. The van der Waals surface area contributed by atoms with Gasteiger partial charge >= 0.3 is 0 Å². The van der Waals surface area contributed by atoms with Gasteiger partial charge in [-0.2, -0.15) is 0 Å². The summed E-state index contributed by atoms with van der Waals surface area (Å²) in [5.74, 6) is 5.92. The van der Waals surface area contributed by atoms with Gasteiger partial charge in [0.25, 0.3) is 11.8 Å². The van der Waals surface area contributed by atoms with Crippen LogP contribution < -0.4 is 20.3 Å². The van der Waals surface area contributed by atoms with Crippen LogP contribution in [-0.4, -0.2) is 70.0 Å². The van der Waals surface area contributed by atoms with E-state index < -0.39 is 29.7 Å². The van der Waals surface area contributed by atoms with Gasteiger partial charge < -0.3 is 15.0 Å². The number of anilines is 2. The highest BCUT2D eigenvalue weighted by molar-refractivity contribution is 6.23. The number of Topliss-reactive ketones (excluding diaryl/α,β-unsaturated/α-hetero) is 1. The summed E-state index contributed by atoms with van der Waals surface area (Å²) in [7, 11) is 0. The first kappa shape index (κ1) is 34.7. The Hall–Kier alpha value is -6.35. The maximum atomic E-state index is 13.1. The number of hydrogen-bond acceptors (Lipinski definition) is 10. The average molecular weight is 723 g/mol. The summed E-state index contributed by atoms with van der Waals surface area (Å²) in [6.07, 6.45) is 3.28. The van der Waals surface area contributed by atoms with Crippen LogP contribution in [0.4, 0.5) is 11.6 Å². The Bertz CT molecular complexity index is 2260. The highest BCUT2D eigenvalue weighted by atomic mass is 16.5. The number of imide groups is 2.